The lowest BCUT2D eigenvalue weighted by atomic mass is 10.1. The lowest BCUT2D eigenvalue weighted by Crippen LogP contribution is -2.04. The second-order valence-corrected chi connectivity index (χ2v) is 3.88. The van der Waals surface area contributed by atoms with Crippen LogP contribution in [0.15, 0.2) is 6.20 Å². The summed E-state index contributed by atoms with van der Waals surface area (Å²) in [5.74, 6) is 1.68. The van der Waals surface area contributed by atoms with E-state index in [1.165, 1.54) is 12.8 Å². The SMILES string of the molecule is Cc1cnc(NCCCC(C)C)[nH]1. The van der Waals surface area contributed by atoms with Crippen molar-refractivity contribution in [3.05, 3.63) is 11.9 Å². The molecule has 1 heterocycles. The molecule has 1 aromatic heterocycles. The minimum atomic E-state index is 0.792. The molecular weight excluding hydrogens is 162 g/mol. The van der Waals surface area contributed by atoms with Crippen molar-refractivity contribution in [2.75, 3.05) is 11.9 Å². The summed E-state index contributed by atoms with van der Waals surface area (Å²) in [5.41, 5.74) is 1.10. The third-order valence-electron chi connectivity index (χ3n) is 1.95. The minimum absolute atomic E-state index is 0.792. The summed E-state index contributed by atoms with van der Waals surface area (Å²) in [7, 11) is 0. The lowest BCUT2D eigenvalue weighted by Gasteiger charge is -2.04. The van der Waals surface area contributed by atoms with Crippen molar-refractivity contribution in [2.45, 2.75) is 33.6 Å². The number of aromatic amines is 1. The molecule has 0 spiro atoms. The predicted octanol–water partition coefficient (Wildman–Crippen LogP) is 2.57. The maximum Gasteiger partial charge on any atom is 0.200 e. The van der Waals surface area contributed by atoms with Crippen molar-refractivity contribution in [1.29, 1.82) is 0 Å². The number of H-pyrrole nitrogens is 1. The number of nitrogens with one attached hydrogen (secondary N) is 2. The largest absolute Gasteiger partial charge is 0.356 e. The molecule has 1 aromatic rings. The van der Waals surface area contributed by atoms with Crippen LogP contribution in [0.4, 0.5) is 5.95 Å². The average molecular weight is 181 g/mol. The van der Waals surface area contributed by atoms with Gasteiger partial charge in [0.25, 0.3) is 0 Å². The third kappa shape index (κ3) is 3.97. The van der Waals surface area contributed by atoms with Gasteiger partial charge < -0.3 is 10.3 Å². The van der Waals surface area contributed by atoms with Crippen LogP contribution in [0.1, 0.15) is 32.4 Å². The quantitative estimate of drug-likeness (QED) is 0.685. The molecule has 0 aliphatic carbocycles. The van der Waals surface area contributed by atoms with E-state index in [0.717, 1.165) is 24.1 Å². The van der Waals surface area contributed by atoms with Crippen LogP contribution in [0.25, 0.3) is 0 Å². The molecule has 0 aliphatic heterocycles. The van der Waals surface area contributed by atoms with E-state index in [-0.39, 0.29) is 0 Å². The first kappa shape index (κ1) is 10.1. The first-order valence-corrected chi connectivity index (χ1v) is 4.94. The van der Waals surface area contributed by atoms with Gasteiger partial charge in [-0.2, -0.15) is 0 Å². The monoisotopic (exact) mass is 181 g/mol. The van der Waals surface area contributed by atoms with Gasteiger partial charge in [0, 0.05) is 18.4 Å². The Kier molecular flexibility index (Phi) is 3.80. The molecule has 3 heteroatoms. The molecule has 3 nitrogen and oxygen atoms in total. The minimum Gasteiger partial charge on any atom is -0.356 e. The standard InChI is InChI=1S/C10H19N3/c1-8(2)5-4-6-11-10-12-7-9(3)13-10/h7-8H,4-6H2,1-3H3,(H2,11,12,13). The highest BCUT2D eigenvalue weighted by Crippen LogP contribution is 2.04. The Labute approximate surface area is 80.0 Å². The van der Waals surface area contributed by atoms with Gasteiger partial charge in [0.05, 0.1) is 0 Å². The zero-order valence-corrected chi connectivity index (χ0v) is 8.72. The van der Waals surface area contributed by atoms with E-state index in [1.807, 2.05) is 13.1 Å². The second kappa shape index (κ2) is 4.90. The first-order chi connectivity index (χ1) is 6.18. The highest BCUT2D eigenvalue weighted by atomic mass is 15.1. The maximum atomic E-state index is 4.17. The number of hydrogen-bond acceptors (Lipinski definition) is 2. The van der Waals surface area contributed by atoms with Gasteiger partial charge in [-0.25, -0.2) is 4.98 Å². The van der Waals surface area contributed by atoms with Crippen molar-refractivity contribution >= 4 is 5.95 Å². The van der Waals surface area contributed by atoms with Crippen LogP contribution < -0.4 is 5.32 Å². The van der Waals surface area contributed by atoms with Gasteiger partial charge in [0.1, 0.15) is 0 Å². The van der Waals surface area contributed by atoms with Crippen molar-refractivity contribution in [3.63, 3.8) is 0 Å². The maximum absolute atomic E-state index is 4.17. The van der Waals surface area contributed by atoms with Crippen LogP contribution >= 0.6 is 0 Å². The summed E-state index contributed by atoms with van der Waals surface area (Å²) in [6.07, 6.45) is 4.31. The van der Waals surface area contributed by atoms with Gasteiger partial charge >= 0.3 is 0 Å². The molecule has 0 bridgehead atoms. The molecule has 0 fully saturated rings. The Morgan fingerprint density at radius 2 is 2.31 bits per heavy atom. The van der Waals surface area contributed by atoms with E-state index in [0.29, 0.717) is 0 Å². The van der Waals surface area contributed by atoms with E-state index in [4.69, 9.17) is 0 Å². The Balaban J connectivity index is 2.13. The third-order valence-corrected chi connectivity index (χ3v) is 1.95. The fourth-order valence-corrected chi connectivity index (χ4v) is 1.22. The molecule has 0 unspecified atom stereocenters. The normalized spacial score (nSPS) is 10.8. The summed E-state index contributed by atoms with van der Waals surface area (Å²) >= 11 is 0. The molecule has 13 heavy (non-hydrogen) atoms. The van der Waals surface area contributed by atoms with Gasteiger partial charge in [0.15, 0.2) is 5.95 Å². The van der Waals surface area contributed by atoms with E-state index < -0.39 is 0 Å². The van der Waals surface area contributed by atoms with Gasteiger partial charge in [-0.1, -0.05) is 13.8 Å². The van der Waals surface area contributed by atoms with Crippen LogP contribution in [0.2, 0.25) is 0 Å². The van der Waals surface area contributed by atoms with Crippen molar-refractivity contribution in [2.24, 2.45) is 5.92 Å². The van der Waals surface area contributed by atoms with E-state index in [1.54, 1.807) is 0 Å². The van der Waals surface area contributed by atoms with Crippen LogP contribution in [-0.4, -0.2) is 16.5 Å². The smallest absolute Gasteiger partial charge is 0.200 e. The van der Waals surface area contributed by atoms with Gasteiger partial charge in [0.2, 0.25) is 0 Å². The summed E-state index contributed by atoms with van der Waals surface area (Å²) < 4.78 is 0. The Hall–Kier alpha value is -0.990. The Bertz CT molecular complexity index is 240. The summed E-state index contributed by atoms with van der Waals surface area (Å²) in [4.78, 5) is 7.31. The van der Waals surface area contributed by atoms with E-state index in [9.17, 15) is 0 Å². The second-order valence-electron chi connectivity index (χ2n) is 3.88. The highest BCUT2D eigenvalue weighted by molar-refractivity contribution is 5.25. The van der Waals surface area contributed by atoms with Crippen LogP contribution in [0, 0.1) is 12.8 Å². The topological polar surface area (TPSA) is 40.7 Å². The zero-order valence-electron chi connectivity index (χ0n) is 8.72. The summed E-state index contributed by atoms with van der Waals surface area (Å²) in [5, 5.41) is 3.25. The number of anilines is 1. The van der Waals surface area contributed by atoms with Crippen molar-refractivity contribution in [3.8, 4) is 0 Å². The molecule has 0 saturated heterocycles. The number of rotatable bonds is 5. The van der Waals surface area contributed by atoms with E-state index in [2.05, 4.69) is 29.1 Å². The predicted molar refractivity (Wildman–Crippen MR) is 55.9 cm³/mol. The Morgan fingerprint density at radius 3 is 2.85 bits per heavy atom. The average Bonchev–Trinajstić information content (AvgIpc) is 2.45. The van der Waals surface area contributed by atoms with Crippen molar-refractivity contribution in [1.82, 2.24) is 9.97 Å². The molecule has 0 amide bonds. The van der Waals surface area contributed by atoms with E-state index >= 15 is 0 Å². The molecule has 0 radical (unpaired) electrons. The summed E-state index contributed by atoms with van der Waals surface area (Å²) in [6, 6.07) is 0. The van der Waals surface area contributed by atoms with Crippen molar-refractivity contribution < 1.29 is 0 Å². The fraction of sp³-hybridized carbons (Fsp3) is 0.700. The molecule has 2 N–H and O–H groups in total. The van der Waals surface area contributed by atoms with Gasteiger partial charge in [-0.3, -0.25) is 0 Å². The molecule has 1 rings (SSSR count). The number of aryl methyl sites for hydroxylation is 1. The van der Waals surface area contributed by atoms with Crippen LogP contribution in [-0.2, 0) is 0 Å². The molecule has 0 saturated carbocycles. The number of imidazole rings is 1. The number of hydrogen-bond donors (Lipinski definition) is 2. The molecule has 74 valence electrons. The highest BCUT2D eigenvalue weighted by Gasteiger charge is 1.96. The molecular formula is C10H19N3. The number of aromatic nitrogens is 2. The fourth-order valence-electron chi connectivity index (χ4n) is 1.22. The van der Waals surface area contributed by atoms with Crippen LogP contribution in [0.5, 0.6) is 0 Å². The van der Waals surface area contributed by atoms with Crippen LogP contribution in [0.3, 0.4) is 0 Å². The van der Waals surface area contributed by atoms with Gasteiger partial charge in [-0.15, -0.1) is 0 Å². The first-order valence-electron chi connectivity index (χ1n) is 4.94. The summed E-state index contributed by atoms with van der Waals surface area (Å²) in [6.45, 7) is 7.51. The molecule has 0 aliphatic rings. The number of nitrogens with zero attached hydrogens (tertiary/aromatic N) is 1. The Morgan fingerprint density at radius 1 is 1.54 bits per heavy atom. The lowest BCUT2D eigenvalue weighted by molar-refractivity contribution is 0.566. The molecule has 0 atom stereocenters. The zero-order chi connectivity index (χ0) is 9.68. The van der Waals surface area contributed by atoms with Gasteiger partial charge in [-0.05, 0) is 25.7 Å². The molecule has 0 aromatic carbocycles.